The number of hydrogen-bond acceptors (Lipinski definition) is 3. The fraction of sp³-hybridized carbons (Fsp3) is 0.286. The minimum Gasteiger partial charge on any atom is -0.376 e. The topological polar surface area (TPSA) is 44.1 Å². The Morgan fingerprint density at radius 2 is 2.40 bits per heavy atom. The highest BCUT2D eigenvalue weighted by atomic mass is 32.1. The van der Waals surface area contributed by atoms with E-state index in [1.807, 2.05) is 0 Å². The van der Waals surface area contributed by atoms with Gasteiger partial charge in [0.2, 0.25) is 0 Å². The Balaban J connectivity index is 4.57. The second kappa shape index (κ2) is 4.15. The number of rotatable bonds is 2. The maximum Gasteiger partial charge on any atom is 0.142 e. The molecule has 0 bridgehead atoms. The molecule has 0 fully saturated rings. The number of aliphatic hydroxyl groups excluding tert-OH is 1. The highest BCUT2D eigenvalue weighted by molar-refractivity contribution is 7.84. The van der Waals surface area contributed by atoms with E-state index in [0.717, 1.165) is 6.21 Å². The summed E-state index contributed by atoms with van der Waals surface area (Å²) in [5.74, 6) is 2.09. The van der Waals surface area contributed by atoms with Crippen LogP contribution < -0.4 is 0 Å². The summed E-state index contributed by atoms with van der Waals surface area (Å²) in [7, 11) is 0. The molecule has 0 saturated carbocycles. The van der Waals surface area contributed by atoms with E-state index < -0.39 is 6.10 Å². The van der Waals surface area contributed by atoms with Gasteiger partial charge in [-0.25, -0.2) is 0 Å². The van der Waals surface area contributed by atoms with Gasteiger partial charge < -0.3 is 10.5 Å². The third-order valence-corrected chi connectivity index (χ3v) is 1.28. The smallest absolute Gasteiger partial charge is 0.142 e. The molecule has 0 amide bonds. The summed E-state index contributed by atoms with van der Waals surface area (Å²) < 4.78 is 0. The van der Waals surface area contributed by atoms with E-state index in [2.05, 4.69) is 18.5 Å². The summed E-state index contributed by atoms with van der Waals surface area (Å²) in [5.41, 5.74) is 0.367. The zero-order chi connectivity index (χ0) is 8.15. The van der Waals surface area contributed by atoms with Crippen molar-refractivity contribution in [3.63, 3.8) is 0 Å². The monoisotopic (exact) mass is 155 g/mol. The summed E-state index contributed by atoms with van der Waals surface area (Å²) in [6.45, 7) is 1.67. The average molecular weight is 155 g/mol. The molecule has 0 aromatic rings. The van der Waals surface area contributed by atoms with Crippen LogP contribution in [0.4, 0.5) is 0 Å². The lowest BCUT2D eigenvalue weighted by Gasteiger charge is -2.03. The van der Waals surface area contributed by atoms with Crippen LogP contribution in [0, 0.1) is 17.8 Å². The van der Waals surface area contributed by atoms with E-state index in [1.165, 1.54) is 0 Å². The highest BCUT2D eigenvalue weighted by Crippen LogP contribution is 2.08. The number of allylic oxidation sites excluding steroid dienone is 1. The molecule has 2 nitrogen and oxygen atoms in total. The molecule has 3 heteroatoms. The van der Waals surface area contributed by atoms with Crippen LogP contribution >= 0.6 is 12.6 Å². The van der Waals surface area contributed by atoms with E-state index in [4.69, 9.17) is 16.9 Å². The second-order valence-corrected chi connectivity index (χ2v) is 2.43. The molecule has 0 aromatic heterocycles. The van der Waals surface area contributed by atoms with Gasteiger partial charge in [-0.1, -0.05) is 5.92 Å². The molecule has 0 rings (SSSR count). The Bertz CT molecular complexity index is 198. The molecule has 0 aromatic carbocycles. The van der Waals surface area contributed by atoms with Gasteiger partial charge >= 0.3 is 0 Å². The van der Waals surface area contributed by atoms with Crippen LogP contribution in [0.15, 0.2) is 10.5 Å². The first-order chi connectivity index (χ1) is 4.63. The molecule has 54 valence electrons. The fourth-order valence-electron chi connectivity index (χ4n) is 0.471. The van der Waals surface area contributed by atoms with Gasteiger partial charge in [0.05, 0.1) is 0 Å². The van der Waals surface area contributed by atoms with Crippen LogP contribution in [-0.2, 0) is 0 Å². The molecule has 0 radical (unpaired) electrons. The van der Waals surface area contributed by atoms with Gasteiger partial charge in [-0.3, -0.25) is 0 Å². The van der Waals surface area contributed by atoms with Crippen molar-refractivity contribution in [2.24, 2.45) is 0 Å². The molecule has 10 heavy (non-hydrogen) atoms. The zero-order valence-corrected chi connectivity index (χ0v) is 6.52. The normalized spacial score (nSPS) is 15.0. The Morgan fingerprint density at radius 1 is 1.90 bits per heavy atom. The average Bonchev–Trinajstić information content (AvgIpc) is 1.88. The first-order valence-corrected chi connectivity index (χ1v) is 3.12. The zero-order valence-electron chi connectivity index (χ0n) is 5.63. The van der Waals surface area contributed by atoms with Crippen LogP contribution in [0.2, 0.25) is 0 Å². The van der Waals surface area contributed by atoms with Gasteiger partial charge in [0, 0.05) is 11.8 Å². The van der Waals surface area contributed by atoms with Gasteiger partial charge in [0.25, 0.3) is 0 Å². The SMILES string of the molecule is C#CC(O)/C(C=N)=C(\C)S. The Kier molecular flexibility index (Phi) is 3.85. The number of hydrogen-bond donors (Lipinski definition) is 3. The third kappa shape index (κ3) is 2.26. The first kappa shape index (κ1) is 9.28. The van der Waals surface area contributed by atoms with Gasteiger partial charge in [0.1, 0.15) is 6.10 Å². The quantitative estimate of drug-likeness (QED) is 0.309. The number of aliphatic hydroxyl groups is 1. The molecular formula is C7H9NOS. The molecular weight excluding hydrogens is 146 g/mol. The predicted octanol–water partition coefficient (Wildman–Crippen LogP) is 0.834. The standard InChI is InChI=1S/C7H9NOS/c1-3-7(9)6(4-8)5(2)10/h1,4,7-10H,2H3/b6-5+,8-4?. The number of terminal acetylenes is 1. The largest absolute Gasteiger partial charge is 0.376 e. The van der Waals surface area contributed by atoms with E-state index in [9.17, 15) is 0 Å². The number of thiol groups is 1. The molecule has 0 aliphatic heterocycles. The van der Waals surface area contributed by atoms with Gasteiger partial charge in [-0.2, -0.15) is 0 Å². The van der Waals surface area contributed by atoms with E-state index >= 15 is 0 Å². The van der Waals surface area contributed by atoms with Crippen molar-refractivity contribution >= 4 is 18.8 Å². The molecule has 0 aliphatic rings. The summed E-state index contributed by atoms with van der Waals surface area (Å²) >= 11 is 3.94. The maximum absolute atomic E-state index is 8.99. The third-order valence-electron chi connectivity index (χ3n) is 1.03. The molecule has 0 spiro atoms. The van der Waals surface area contributed by atoms with Crippen molar-refractivity contribution in [2.45, 2.75) is 13.0 Å². The van der Waals surface area contributed by atoms with E-state index in [-0.39, 0.29) is 0 Å². The summed E-state index contributed by atoms with van der Waals surface area (Å²) in [5, 5.41) is 15.8. The summed E-state index contributed by atoms with van der Waals surface area (Å²) in [4.78, 5) is 0.570. The lowest BCUT2D eigenvalue weighted by molar-refractivity contribution is 0.275. The molecule has 0 saturated heterocycles. The van der Waals surface area contributed by atoms with Crippen molar-refractivity contribution in [2.75, 3.05) is 0 Å². The Labute approximate surface area is 65.9 Å². The van der Waals surface area contributed by atoms with Gasteiger partial charge in [-0.15, -0.1) is 19.1 Å². The molecule has 1 unspecified atom stereocenters. The Hall–Kier alpha value is -0.720. The van der Waals surface area contributed by atoms with Crippen LogP contribution in [-0.4, -0.2) is 17.4 Å². The lowest BCUT2D eigenvalue weighted by atomic mass is 10.1. The van der Waals surface area contributed by atoms with Gasteiger partial charge in [0.15, 0.2) is 0 Å². The molecule has 2 N–H and O–H groups in total. The molecule has 0 aliphatic carbocycles. The van der Waals surface area contributed by atoms with Crippen LogP contribution in [0.5, 0.6) is 0 Å². The lowest BCUT2D eigenvalue weighted by Crippen LogP contribution is -2.08. The predicted molar refractivity (Wildman–Crippen MR) is 45.3 cm³/mol. The minimum atomic E-state index is -1.00. The fourth-order valence-corrected chi connectivity index (χ4v) is 0.658. The molecule has 1 atom stereocenters. The van der Waals surface area contributed by atoms with Crippen LogP contribution in [0.1, 0.15) is 6.92 Å². The summed E-state index contributed by atoms with van der Waals surface area (Å²) in [6, 6.07) is 0. The highest BCUT2D eigenvalue weighted by Gasteiger charge is 2.05. The van der Waals surface area contributed by atoms with Crippen molar-refractivity contribution in [1.82, 2.24) is 0 Å². The van der Waals surface area contributed by atoms with Crippen molar-refractivity contribution in [1.29, 1.82) is 5.41 Å². The number of nitrogens with one attached hydrogen (secondary N) is 1. The van der Waals surface area contributed by atoms with Crippen LogP contribution in [0.3, 0.4) is 0 Å². The minimum absolute atomic E-state index is 0.367. The van der Waals surface area contributed by atoms with Crippen molar-refractivity contribution < 1.29 is 5.11 Å². The maximum atomic E-state index is 8.99. The summed E-state index contributed by atoms with van der Waals surface area (Å²) in [6.07, 6.45) is 4.92. The van der Waals surface area contributed by atoms with E-state index in [0.29, 0.717) is 10.5 Å². The molecule has 0 heterocycles. The van der Waals surface area contributed by atoms with Crippen molar-refractivity contribution in [3.8, 4) is 12.3 Å². The van der Waals surface area contributed by atoms with Gasteiger partial charge in [-0.05, 0) is 11.8 Å². The van der Waals surface area contributed by atoms with Crippen molar-refractivity contribution in [3.05, 3.63) is 10.5 Å². The Morgan fingerprint density at radius 3 is 2.50 bits per heavy atom. The second-order valence-electron chi connectivity index (χ2n) is 1.75. The first-order valence-electron chi connectivity index (χ1n) is 2.68. The van der Waals surface area contributed by atoms with E-state index in [1.54, 1.807) is 6.92 Å². The van der Waals surface area contributed by atoms with Crippen LogP contribution in [0.25, 0.3) is 0 Å².